The average molecular weight is 670 g/mol. The SMILES string of the molecule is Cc1ccc(C(CC[Si](C)(Cl)Cl)(CC[Si](C)(Cl)Cl)CC[Si](C)(Cl)Cl)c(CC[Si](C)(Cl)Cl)c1. The highest BCUT2D eigenvalue weighted by molar-refractivity contribution is 7.46. The number of halogens is 8. The number of benzene rings is 1. The number of rotatable bonds is 13. The van der Waals surface area contributed by atoms with E-state index in [0.717, 1.165) is 49.9 Å². The van der Waals surface area contributed by atoms with Crippen LogP contribution in [-0.2, 0) is 11.8 Å². The average Bonchev–Trinajstić information content (AvgIpc) is 2.57. The molecule has 0 atom stereocenters. The molecule has 12 heteroatoms. The van der Waals surface area contributed by atoms with Gasteiger partial charge in [-0.1, -0.05) is 23.8 Å². The third-order valence-electron chi connectivity index (χ3n) is 5.79. The van der Waals surface area contributed by atoms with Gasteiger partial charge in [-0.25, -0.2) is 0 Å². The fourth-order valence-corrected chi connectivity index (χ4v) is 9.68. The summed E-state index contributed by atoms with van der Waals surface area (Å²) in [4.78, 5) is 0. The molecule has 0 saturated heterocycles. The molecule has 0 aliphatic rings. The lowest BCUT2D eigenvalue weighted by molar-refractivity contribution is 0.376. The van der Waals surface area contributed by atoms with Crippen LogP contribution in [0.15, 0.2) is 18.2 Å². The van der Waals surface area contributed by atoms with Gasteiger partial charge in [0, 0.05) is 0 Å². The summed E-state index contributed by atoms with van der Waals surface area (Å²) in [6.07, 6.45) is 3.39. The highest BCUT2D eigenvalue weighted by Gasteiger charge is 2.40. The lowest BCUT2D eigenvalue weighted by Gasteiger charge is -2.39. The zero-order valence-corrected chi connectivity index (χ0v) is 29.5. The fraction of sp³-hybridized carbons (Fsp3) is 0.700. The minimum absolute atomic E-state index is 0.201. The standard InChI is InChI=1S/C20H34Cl8Si4/c1-17-6-7-19(18(16-17)8-12-29(2,21)22)20(9-13-30(3,23)24,10-14-31(4,25)26)11-15-32(5,27)28/h6-7,16H,8-15H2,1-5H3. The van der Waals surface area contributed by atoms with Crippen molar-refractivity contribution in [3.05, 3.63) is 34.9 Å². The Morgan fingerprint density at radius 3 is 1.34 bits per heavy atom. The van der Waals surface area contributed by atoms with Crippen molar-refractivity contribution in [3.8, 4) is 0 Å². The maximum atomic E-state index is 6.58. The van der Waals surface area contributed by atoms with Crippen molar-refractivity contribution in [2.45, 2.75) is 88.4 Å². The van der Waals surface area contributed by atoms with Crippen molar-refractivity contribution in [1.29, 1.82) is 0 Å². The van der Waals surface area contributed by atoms with Gasteiger partial charge in [0.05, 0.1) is 0 Å². The van der Waals surface area contributed by atoms with Crippen LogP contribution in [0.3, 0.4) is 0 Å². The molecule has 0 aliphatic heterocycles. The molecule has 1 aromatic rings. The Hall–Kier alpha value is 2.41. The first kappa shape index (κ1) is 32.4. The van der Waals surface area contributed by atoms with E-state index in [1.807, 2.05) is 26.2 Å². The van der Waals surface area contributed by atoms with E-state index in [2.05, 4.69) is 25.1 Å². The smallest absolute Gasteiger partial charge is 0.146 e. The first-order valence-electron chi connectivity index (χ1n) is 10.8. The largest absolute Gasteiger partial charge is 0.248 e. The first-order chi connectivity index (χ1) is 14.2. The summed E-state index contributed by atoms with van der Waals surface area (Å²) in [6, 6.07) is 9.77. The second kappa shape index (κ2) is 12.8. The molecule has 0 aliphatic carbocycles. The molecule has 0 bridgehead atoms. The van der Waals surface area contributed by atoms with Gasteiger partial charge in [-0.05, 0) is 99.5 Å². The van der Waals surface area contributed by atoms with E-state index in [-0.39, 0.29) is 5.41 Å². The van der Waals surface area contributed by atoms with Gasteiger partial charge < -0.3 is 0 Å². The number of aryl methyl sites for hydroxylation is 2. The molecule has 0 fully saturated rings. The molecule has 0 saturated carbocycles. The van der Waals surface area contributed by atoms with E-state index in [1.54, 1.807) is 0 Å². The van der Waals surface area contributed by atoms with Gasteiger partial charge in [0.15, 0.2) is 0 Å². The zero-order valence-electron chi connectivity index (χ0n) is 19.4. The van der Waals surface area contributed by atoms with Crippen LogP contribution in [0, 0.1) is 6.92 Å². The molecule has 0 nitrogen and oxygen atoms in total. The summed E-state index contributed by atoms with van der Waals surface area (Å²) in [5, 5.41) is 0. The molecule has 1 rings (SSSR count). The topological polar surface area (TPSA) is 0 Å². The Kier molecular flexibility index (Phi) is 12.9. The Morgan fingerprint density at radius 1 is 0.625 bits per heavy atom. The lowest BCUT2D eigenvalue weighted by atomic mass is 9.71. The van der Waals surface area contributed by atoms with Crippen LogP contribution >= 0.6 is 88.6 Å². The van der Waals surface area contributed by atoms with Crippen LogP contribution in [-0.4, -0.2) is 26.8 Å². The molecular formula is C20H34Cl8Si4. The van der Waals surface area contributed by atoms with Crippen LogP contribution in [0.1, 0.15) is 36.0 Å². The molecule has 0 heterocycles. The summed E-state index contributed by atoms with van der Waals surface area (Å²) in [6.45, 7) is 0.761. The van der Waals surface area contributed by atoms with Crippen LogP contribution in [0.25, 0.3) is 0 Å². The van der Waals surface area contributed by atoms with Crippen molar-refractivity contribution < 1.29 is 0 Å². The second-order valence-electron chi connectivity index (χ2n) is 9.72. The number of hydrogen-bond acceptors (Lipinski definition) is 0. The normalized spacial score (nSPS) is 14.2. The van der Waals surface area contributed by atoms with Gasteiger partial charge in [0.25, 0.3) is 0 Å². The van der Waals surface area contributed by atoms with E-state index in [4.69, 9.17) is 88.6 Å². The van der Waals surface area contributed by atoms with E-state index < -0.39 is 26.8 Å². The monoisotopic (exact) mass is 666 g/mol. The van der Waals surface area contributed by atoms with Crippen molar-refractivity contribution in [2.75, 3.05) is 0 Å². The van der Waals surface area contributed by atoms with Crippen LogP contribution in [0.4, 0.5) is 0 Å². The summed E-state index contributed by atoms with van der Waals surface area (Å²) < 4.78 is 0. The number of hydrogen-bond donors (Lipinski definition) is 0. The Labute approximate surface area is 236 Å². The van der Waals surface area contributed by atoms with E-state index in [1.165, 1.54) is 16.7 Å². The van der Waals surface area contributed by atoms with Gasteiger partial charge in [0.2, 0.25) is 26.8 Å². The minimum atomic E-state index is -2.33. The molecule has 32 heavy (non-hydrogen) atoms. The summed E-state index contributed by atoms with van der Waals surface area (Å²) in [5.74, 6) is 0. The fourth-order valence-electron chi connectivity index (χ4n) is 3.96. The molecule has 1 aromatic carbocycles. The van der Waals surface area contributed by atoms with E-state index >= 15 is 0 Å². The van der Waals surface area contributed by atoms with Crippen LogP contribution < -0.4 is 0 Å². The summed E-state index contributed by atoms with van der Waals surface area (Å²) >= 11 is 52.4. The van der Waals surface area contributed by atoms with E-state index in [9.17, 15) is 0 Å². The Balaban J connectivity index is 3.58. The lowest BCUT2D eigenvalue weighted by Crippen LogP contribution is -2.34. The predicted octanol–water partition coefficient (Wildman–Crippen LogP) is 11.1. The van der Waals surface area contributed by atoms with Gasteiger partial charge in [0.1, 0.15) is 0 Å². The third kappa shape index (κ3) is 13.6. The van der Waals surface area contributed by atoms with Crippen molar-refractivity contribution in [1.82, 2.24) is 0 Å². The van der Waals surface area contributed by atoms with Crippen LogP contribution in [0.2, 0.25) is 50.4 Å². The van der Waals surface area contributed by atoms with Crippen molar-refractivity contribution >= 4 is 115 Å². The van der Waals surface area contributed by atoms with Crippen LogP contribution in [0.5, 0.6) is 0 Å². The first-order valence-corrected chi connectivity index (χ1v) is 29.8. The maximum Gasteiger partial charge on any atom is 0.248 e. The molecule has 0 unspecified atom stereocenters. The summed E-state index contributed by atoms with van der Waals surface area (Å²) in [7, 11) is 0. The molecule has 0 amide bonds. The minimum Gasteiger partial charge on any atom is -0.146 e. The molecule has 186 valence electrons. The van der Waals surface area contributed by atoms with Gasteiger partial charge in [-0.3, -0.25) is 0 Å². The Bertz CT molecular complexity index is 688. The molecule has 0 radical (unpaired) electrons. The molecular weight excluding hydrogens is 636 g/mol. The van der Waals surface area contributed by atoms with Crippen molar-refractivity contribution in [3.63, 3.8) is 0 Å². The zero-order chi connectivity index (χ0) is 25.0. The second-order valence-corrected chi connectivity index (χ2v) is 42.6. The predicted molar refractivity (Wildman–Crippen MR) is 163 cm³/mol. The molecule has 0 spiro atoms. The molecule has 0 N–H and O–H groups in total. The van der Waals surface area contributed by atoms with Gasteiger partial charge >= 0.3 is 0 Å². The van der Waals surface area contributed by atoms with E-state index in [0.29, 0.717) is 0 Å². The quantitative estimate of drug-likeness (QED) is 0.145. The van der Waals surface area contributed by atoms with Crippen molar-refractivity contribution in [2.24, 2.45) is 0 Å². The Morgan fingerprint density at radius 2 is 1.00 bits per heavy atom. The van der Waals surface area contributed by atoms with Gasteiger partial charge in [-0.2, -0.15) is 0 Å². The molecule has 0 aromatic heterocycles. The summed E-state index contributed by atoms with van der Waals surface area (Å²) in [5.41, 5.74) is 3.58. The highest BCUT2D eigenvalue weighted by atomic mass is 35.7. The highest BCUT2D eigenvalue weighted by Crippen LogP contribution is 2.47. The third-order valence-corrected chi connectivity index (χ3v) is 14.8. The maximum absolute atomic E-state index is 6.58. The van der Waals surface area contributed by atoms with Gasteiger partial charge in [-0.15, -0.1) is 88.6 Å².